The Morgan fingerprint density at radius 1 is 0.808 bits per heavy atom. The van der Waals surface area contributed by atoms with Gasteiger partial charge in [0.1, 0.15) is 0 Å². The summed E-state index contributed by atoms with van der Waals surface area (Å²) >= 11 is 17.8. The summed E-state index contributed by atoms with van der Waals surface area (Å²) in [6, 6.07) is 11.5. The maximum atomic E-state index is 12.6. The highest BCUT2D eigenvalue weighted by molar-refractivity contribution is 6.35. The van der Waals surface area contributed by atoms with Crippen LogP contribution in [-0.2, 0) is 0 Å². The average molecular weight is 413 g/mol. The van der Waals surface area contributed by atoms with Gasteiger partial charge in [0, 0.05) is 52.5 Å². The number of carbonyl (C=O) groups excluding carboxylic acids is 2. The summed E-state index contributed by atoms with van der Waals surface area (Å²) in [4.78, 5) is 28.3. The molecule has 1 aliphatic rings. The third-order valence-corrected chi connectivity index (χ3v) is 4.71. The lowest BCUT2D eigenvalue weighted by molar-refractivity contribution is 0.0671. The van der Waals surface area contributed by atoms with Crippen molar-refractivity contribution in [2.45, 2.75) is 0 Å². The predicted octanol–water partition coefficient (Wildman–Crippen LogP) is 4.64. The Morgan fingerprint density at radius 2 is 1.42 bits per heavy atom. The molecule has 0 unspecified atom stereocenters. The van der Waals surface area contributed by atoms with Crippen molar-refractivity contribution in [2.24, 2.45) is 0 Å². The second-order valence-corrected chi connectivity index (χ2v) is 7.19. The fraction of sp³-hybridized carbons (Fsp3) is 0.222. The number of urea groups is 1. The topological polar surface area (TPSA) is 52.7 Å². The van der Waals surface area contributed by atoms with Gasteiger partial charge in [-0.1, -0.05) is 40.9 Å². The van der Waals surface area contributed by atoms with Gasteiger partial charge < -0.3 is 15.1 Å². The summed E-state index contributed by atoms with van der Waals surface area (Å²) in [6.45, 7) is 1.75. The molecule has 136 valence electrons. The van der Waals surface area contributed by atoms with E-state index in [9.17, 15) is 9.59 Å². The van der Waals surface area contributed by atoms with Crippen LogP contribution in [0.1, 0.15) is 10.4 Å². The molecule has 2 aromatic rings. The molecule has 0 bridgehead atoms. The van der Waals surface area contributed by atoms with E-state index >= 15 is 0 Å². The van der Waals surface area contributed by atoms with E-state index in [1.807, 2.05) is 0 Å². The maximum Gasteiger partial charge on any atom is 0.321 e. The number of carbonyl (C=O) groups is 2. The maximum absolute atomic E-state index is 12.6. The van der Waals surface area contributed by atoms with E-state index in [1.165, 1.54) is 0 Å². The summed E-state index contributed by atoms with van der Waals surface area (Å²) in [5, 5.41) is 4.20. The van der Waals surface area contributed by atoms with Crippen LogP contribution >= 0.6 is 34.8 Å². The number of benzene rings is 2. The van der Waals surface area contributed by atoms with Crippen molar-refractivity contribution in [2.75, 3.05) is 31.5 Å². The number of nitrogens with zero attached hydrogens (tertiary/aromatic N) is 2. The van der Waals surface area contributed by atoms with Gasteiger partial charge >= 0.3 is 6.03 Å². The van der Waals surface area contributed by atoms with Crippen molar-refractivity contribution >= 4 is 52.4 Å². The van der Waals surface area contributed by atoms with Gasteiger partial charge in [-0.05, 0) is 36.4 Å². The van der Waals surface area contributed by atoms with Crippen molar-refractivity contribution in [3.8, 4) is 0 Å². The molecule has 1 heterocycles. The fourth-order valence-corrected chi connectivity index (χ4v) is 3.46. The molecule has 0 radical (unpaired) electrons. The summed E-state index contributed by atoms with van der Waals surface area (Å²) < 4.78 is 0. The average Bonchev–Trinajstić information content (AvgIpc) is 2.60. The summed E-state index contributed by atoms with van der Waals surface area (Å²) in [6.07, 6.45) is 0. The van der Waals surface area contributed by atoms with E-state index in [1.54, 1.807) is 52.3 Å². The third-order valence-electron chi connectivity index (χ3n) is 4.04. The first-order valence-electron chi connectivity index (χ1n) is 7.99. The van der Waals surface area contributed by atoms with Gasteiger partial charge in [0.15, 0.2) is 0 Å². The Morgan fingerprint density at radius 3 is 2.04 bits per heavy atom. The van der Waals surface area contributed by atoms with E-state index in [0.29, 0.717) is 52.5 Å². The standard InChI is InChI=1S/C18H16Cl3N3O2/c19-13-2-1-3-16(11-13)22-18(26)24-6-4-23(5-7-24)17(25)12-8-14(20)10-15(21)9-12/h1-3,8-11H,4-7H2,(H,22,26). The van der Waals surface area contributed by atoms with Gasteiger partial charge in [-0.3, -0.25) is 4.79 Å². The minimum atomic E-state index is -0.217. The SMILES string of the molecule is O=C(Nc1cccc(Cl)c1)N1CCN(C(=O)c2cc(Cl)cc(Cl)c2)CC1. The lowest BCUT2D eigenvalue weighted by atomic mass is 10.2. The van der Waals surface area contributed by atoms with Crippen LogP contribution in [0.2, 0.25) is 15.1 Å². The van der Waals surface area contributed by atoms with Gasteiger partial charge in [-0.2, -0.15) is 0 Å². The van der Waals surface area contributed by atoms with E-state index in [2.05, 4.69) is 5.32 Å². The van der Waals surface area contributed by atoms with Crippen LogP contribution in [0.5, 0.6) is 0 Å². The second-order valence-electron chi connectivity index (χ2n) is 5.88. The molecule has 0 aliphatic carbocycles. The first-order valence-corrected chi connectivity index (χ1v) is 9.12. The van der Waals surface area contributed by atoms with Crippen molar-refractivity contribution in [1.82, 2.24) is 9.80 Å². The fourth-order valence-electron chi connectivity index (χ4n) is 2.74. The van der Waals surface area contributed by atoms with Gasteiger partial charge in [0.05, 0.1) is 0 Å². The first-order chi connectivity index (χ1) is 12.4. The molecule has 5 nitrogen and oxygen atoms in total. The Balaban J connectivity index is 1.58. The number of hydrogen-bond acceptors (Lipinski definition) is 2. The Hall–Kier alpha value is -1.95. The van der Waals surface area contributed by atoms with Crippen LogP contribution in [0.4, 0.5) is 10.5 Å². The zero-order valence-corrected chi connectivity index (χ0v) is 16.0. The van der Waals surface area contributed by atoms with E-state index in [4.69, 9.17) is 34.8 Å². The number of hydrogen-bond donors (Lipinski definition) is 1. The van der Waals surface area contributed by atoms with E-state index in [-0.39, 0.29) is 11.9 Å². The van der Waals surface area contributed by atoms with Crippen molar-refractivity contribution in [1.29, 1.82) is 0 Å². The molecule has 0 saturated carbocycles. The summed E-state index contributed by atoms with van der Waals surface area (Å²) in [5.41, 5.74) is 1.08. The smallest absolute Gasteiger partial charge is 0.321 e. The van der Waals surface area contributed by atoms with E-state index in [0.717, 1.165) is 0 Å². The molecule has 1 fully saturated rings. The lowest BCUT2D eigenvalue weighted by Gasteiger charge is -2.34. The van der Waals surface area contributed by atoms with Crippen LogP contribution in [-0.4, -0.2) is 47.9 Å². The van der Waals surface area contributed by atoms with Crippen LogP contribution in [0.15, 0.2) is 42.5 Å². The zero-order valence-electron chi connectivity index (χ0n) is 13.7. The van der Waals surface area contributed by atoms with Crippen molar-refractivity contribution in [3.63, 3.8) is 0 Å². The molecule has 2 aromatic carbocycles. The number of nitrogens with one attached hydrogen (secondary N) is 1. The number of amides is 3. The number of halogens is 3. The summed E-state index contributed by atoms with van der Waals surface area (Å²) in [7, 11) is 0. The molecule has 3 amide bonds. The molecule has 1 saturated heterocycles. The first kappa shape index (κ1) is 18.8. The Kier molecular flexibility index (Phi) is 5.91. The monoisotopic (exact) mass is 411 g/mol. The van der Waals surface area contributed by atoms with Gasteiger partial charge in [-0.25, -0.2) is 4.79 Å². The zero-order chi connectivity index (χ0) is 18.7. The Labute approximate surface area is 166 Å². The molecule has 0 spiro atoms. The molecule has 0 atom stereocenters. The predicted molar refractivity (Wildman–Crippen MR) is 104 cm³/mol. The number of rotatable bonds is 2. The summed E-state index contributed by atoms with van der Waals surface area (Å²) in [5.74, 6) is -0.149. The lowest BCUT2D eigenvalue weighted by Crippen LogP contribution is -2.51. The Bertz CT molecular complexity index is 816. The largest absolute Gasteiger partial charge is 0.335 e. The number of anilines is 1. The van der Waals surface area contributed by atoms with Crippen LogP contribution in [0.3, 0.4) is 0 Å². The molecule has 3 rings (SSSR count). The van der Waals surface area contributed by atoms with E-state index < -0.39 is 0 Å². The van der Waals surface area contributed by atoms with Crippen molar-refractivity contribution < 1.29 is 9.59 Å². The minimum Gasteiger partial charge on any atom is -0.335 e. The third kappa shape index (κ3) is 4.61. The molecule has 0 aromatic heterocycles. The van der Waals surface area contributed by atoms with Crippen LogP contribution in [0.25, 0.3) is 0 Å². The molecule has 1 N–H and O–H groups in total. The van der Waals surface area contributed by atoms with Gasteiger partial charge in [-0.15, -0.1) is 0 Å². The van der Waals surface area contributed by atoms with Crippen LogP contribution < -0.4 is 5.32 Å². The second kappa shape index (κ2) is 8.16. The molecule has 1 aliphatic heterocycles. The molecular formula is C18H16Cl3N3O2. The van der Waals surface area contributed by atoms with Gasteiger partial charge in [0.25, 0.3) is 5.91 Å². The number of piperazine rings is 1. The molecular weight excluding hydrogens is 397 g/mol. The highest BCUT2D eigenvalue weighted by atomic mass is 35.5. The normalized spacial score (nSPS) is 14.3. The molecule has 26 heavy (non-hydrogen) atoms. The highest BCUT2D eigenvalue weighted by Gasteiger charge is 2.25. The quantitative estimate of drug-likeness (QED) is 0.781. The van der Waals surface area contributed by atoms with Gasteiger partial charge in [0.2, 0.25) is 0 Å². The highest BCUT2D eigenvalue weighted by Crippen LogP contribution is 2.21. The van der Waals surface area contributed by atoms with Crippen molar-refractivity contribution in [3.05, 3.63) is 63.1 Å². The minimum absolute atomic E-state index is 0.149. The van der Waals surface area contributed by atoms with Crippen LogP contribution in [0, 0.1) is 0 Å². The molecule has 8 heteroatoms.